The zero-order valence-electron chi connectivity index (χ0n) is 14.9. The van der Waals surface area contributed by atoms with Crippen LogP contribution in [0, 0.1) is 5.92 Å². The Morgan fingerprint density at radius 1 is 1.19 bits per heavy atom. The summed E-state index contributed by atoms with van der Waals surface area (Å²) in [6.07, 6.45) is 6.56. The van der Waals surface area contributed by atoms with Crippen molar-refractivity contribution in [2.45, 2.75) is 49.5 Å². The fraction of sp³-hybridized carbons (Fsp3) is 0.556. The lowest BCUT2D eigenvalue weighted by atomic mass is 9.78. The van der Waals surface area contributed by atoms with Gasteiger partial charge in [-0.05, 0) is 49.8 Å². The molecule has 148 valence electrons. The average Bonchev–Trinajstić information content (AvgIpc) is 2.64. The number of rotatable bonds is 4. The minimum absolute atomic E-state index is 0.0326. The lowest BCUT2D eigenvalue weighted by Crippen LogP contribution is -2.50. The van der Waals surface area contributed by atoms with E-state index in [1.165, 1.54) is 18.6 Å². The number of nitrogens with zero attached hydrogens (tertiary/aromatic N) is 1. The van der Waals surface area contributed by atoms with Gasteiger partial charge in [-0.1, -0.05) is 24.4 Å². The third-order valence-corrected chi connectivity index (χ3v) is 6.62. The highest BCUT2D eigenvalue weighted by Crippen LogP contribution is 2.35. The van der Waals surface area contributed by atoms with E-state index in [0.717, 1.165) is 38.2 Å². The molecule has 9 heteroatoms. The maximum atomic E-state index is 12.6. The Hall–Kier alpha value is -1.64. The van der Waals surface area contributed by atoms with Gasteiger partial charge in [-0.15, -0.1) is 0 Å². The molecule has 1 aliphatic carbocycles. The number of benzene rings is 1. The summed E-state index contributed by atoms with van der Waals surface area (Å²) in [6, 6.07) is 3.75. The van der Waals surface area contributed by atoms with Gasteiger partial charge in [0.25, 0.3) is 5.91 Å². The molecule has 2 N–H and O–H groups in total. The Balaban J connectivity index is 1.66. The average molecular weight is 415 g/mol. The van der Waals surface area contributed by atoms with Crippen LogP contribution in [0.2, 0.25) is 5.02 Å². The fourth-order valence-corrected chi connectivity index (χ4v) is 4.79. The number of fused-ring (bicyclic) bond motifs is 1. The fourth-order valence-electron chi connectivity index (χ4n) is 4.06. The van der Waals surface area contributed by atoms with Gasteiger partial charge in [-0.25, -0.2) is 18.4 Å². The molecule has 1 heterocycles. The molecule has 0 bridgehead atoms. The predicted molar refractivity (Wildman–Crippen MR) is 99.8 cm³/mol. The van der Waals surface area contributed by atoms with Crippen LogP contribution in [0.5, 0.6) is 0 Å². The summed E-state index contributed by atoms with van der Waals surface area (Å²) < 4.78 is 28.0. The molecule has 2 fully saturated rings. The minimum Gasteiger partial charge on any atom is -0.452 e. The van der Waals surface area contributed by atoms with Crippen molar-refractivity contribution >= 4 is 33.5 Å². The molecule has 1 aromatic carbocycles. The molecular formula is C18H23ClN2O5S. The Labute approximate surface area is 163 Å². The third kappa shape index (κ3) is 4.62. The van der Waals surface area contributed by atoms with Crippen molar-refractivity contribution in [1.82, 2.24) is 4.90 Å². The van der Waals surface area contributed by atoms with Crippen LogP contribution in [-0.2, 0) is 19.6 Å². The van der Waals surface area contributed by atoms with Gasteiger partial charge < -0.3 is 9.64 Å². The lowest BCUT2D eigenvalue weighted by Gasteiger charge is -2.44. The number of hydrogen-bond acceptors (Lipinski definition) is 5. The second-order valence-corrected chi connectivity index (χ2v) is 9.07. The van der Waals surface area contributed by atoms with Gasteiger partial charge in [0.2, 0.25) is 10.0 Å². The first-order valence-corrected chi connectivity index (χ1v) is 11.0. The van der Waals surface area contributed by atoms with Crippen LogP contribution in [0.4, 0.5) is 0 Å². The summed E-state index contributed by atoms with van der Waals surface area (Å²) in [5, 5.41) is 5.11. The molecule has 7 nitrogen and oxygen atoms in total. The number of halogens is 1. The molecule has 3 rings (SSSR count). The van der Waals surface area contributed by atoms with Crippen LogP contribution in [0.3, 0.4) is 0 Å². The normalized spacial score (nSPS) is 22.8. The minimum atomic E-state index is -3.98. The Bertz CT molecular complexity index is 840. The summed E-state index contributed by atoms with van der Waals surface area (Å²) in [7, 11) is -3.98. The van der Waals surface area contributed by atoms with Crippen LogP contribution in [-0.4, -0.2) is 44.4 Å². The molecule has 1 saturated carbocycles. The van der Waals surface area contributed by atoms with Crippen LogP contribution < -0.4 is 5.14 Å². The van der Waals surface area contributed by atoms with E-state index in [-0.39, 0.29) is 27.4 Å². The van der Waals surface area contributed by atoms with Gasteiger partial charge >= 0.3 is 5.97 Å². The van der Waals surface area contributed by atoms with Gasteiger partial charge in [0.1, 0.15) is 0 Å². The molecule has 2 aliphatic rings. The number of amides is 1. The zero-order chi connectivity index (χ0) is 19.6. The van der Waals surface area contributed by atoms with Crippen molar-refractivity contribution in [3.63, 3.8) is 0 Å². The topological polar surface area (TPSA) is 107 Å². The molecule has 1 aromatic rings. The molecule has 0 spiro atoms. The SMILES string of the molecule is NS(=O)(=O)c1ccc(Cl)c(C(=O)OCC(=O)N2CCC[C@@H]3CCCC[C@@H]32)c1. The van der Waals surface area contributed by atoms with Gasteiger partial charge in [0, 0.05) is 12.6 Å². The van der Waals surface area contributed by atoms with Crippen molar-refractivity contribution in [2.24, 2.45) is 11.1 Å². The highest BCUT2D eigenvalue weighted by molar-refractivity contribution is 7.89. The van der Waals surface area contributed by atoms with E-state index in [9.17, 15) is 18.0 Å². The molecule has 1 amide bonds. The van der Waals surface area contributed by atoms with Gasteiger partial charge in [0.15, 0.2) is 6.61 Å². The van der Waals surface area contributed by atoms with E-state index in [2.05, 4.69) is 0 Å². The second-order valence-electron chi connectivity index (χ2n) is 7.10. The maximum absolute atomic E-state index is 12.6. The Morgan fingerprint density at radius 3 is 2.63 bits per heavy atom. The second kappa shape index (κ2) is 8.16. The van der Waals surface area contributed by atoms with E-state index in [1.807, 2.05) is 4.90 Å². The van der Waals surface area contributed by atoms with Gasteiger partial charge in [-0.3, -0.25) is 4.79 Å². The molecular weight excluding hydrogens is 392 g/mol. The van der Waals surface area contributed by atoms with Gasteiger partial charge in [0.05, 0.1) is 15.5 Å². The molecule has 2 atom stereocenters. The predicted octanol–water partition coefficient (Wildman–Crippen LogP) is 2.33. The Morgan fingerprint density at radius 2 is 1.89 bits per heavy atom. The standard InChI is InChI=1S/C18H23ClN2O5S/c19-15-8-7-13(27(20,24)25)10-14(15)18(23)26-11-17(22)21-9-3-5-12-4-1-2-6-16(12)21/h7-8,10,12,16H,1-6,9,11H2,(H2,20,24,25)/t12-,16-/m0/s1. The monoisotopic (exact) mass is 414 g/mol. The number of hydrogen-bond donors (Lipinski definition) is 1. The number of primary sulfonamides is 1. The quantitative estimate of drug-likeness (QED) is 0.761. The highest BCUT2D eigenvalue weighted by Gasteiger charge is 2.35. The Kier molecular flexibility index (Phi) is 6.08. The molecule has 0 aromatic heterocycles. The number of carbonyl (C=O) groups excluding carboxylic acids is 2. The first-order chi connectivity index (χ1) is 12.8. The molecule has 1 aliphatic heterocycles. The summed E-state index contributed by atoms with van der Waals surface area (Å²) in [5.74, 6) is -0.539. The zero-order valence-corrected chi connectivity index (χ0v) is 16.5. The van der Waals surface area contributed by atoms with Crippen molar-refractivity contribution < 1.29 is 22.7 Å². The van der Waals surface area contributed by atoms with Crippen LogP contribution in [0.25, 0.3) is 0 Å². The summed E-state index contributed by atoms with van der Waals surface area (Å²) in [6.45, 7) is 0.289. The number of esters is 1. The van der Waals surface area contributed by atoms with E-state index in [1.54, 1.807) is 0 Å². The number of sulfonamides is 1. The van der Waals surface area contributed by atoms with Crippen molar-refractivity contribution in [1.29, 1.82) is 0 Å². The van der Waals surface area contributed by atoms with Crippen LogP contribution in [0.15, 0.2) is 23.1 Å². The summed E-state index contributed by atoms with van der Waals surface area (Å²) >= 11 is 5.96. The number of likely N-dealkylation sites (tertiary alicyclic amines) is 1. The molecule has 27 heavy (non-hydrogen) atoms. The third-order valence-electron chi connectivity index (χ3n) is 5.38. The van der Waals surface area contributed by atoms with E-state index in [0.29, 0.717) is 12.5 Å². The lowest BCUT2D eigenvalue weighted by molar-refractivity contribution is -0.140. The first-order valence-electron chi connectivity index (χ1n) is 9.06. The van der Waals surface area contributed by atoms with E-state index >= 15 is 0 Å². The first kappa shape index (κ1) is 20.1. The number of nitrogens with two attached hydrogens (primary N) is 1. The number of piperidine rings is 1. The molecule has 1 saturated heterocycles. The van der Waals surface area contributed by atoms with E-state index in [4.69, 9.17) is 21.5 Å². The number of ether oxygens (including phenoxy) is 1. The smallest absolute Gasteiger partial charge is 0.340 e. The summed E-state index contributed by atoms with van der Waals surface area (Å²) in [5.41, 5.74) is -0.134. The van der Waals surface area contributed by atoms with E-state index < -0.39 is 22.6 Å². The molecule has 0 radical (unpaired) electrons. The van der Waals surface area contributed by atoms with Crippen molar-refractivity contribution in [3.05, 3.63) is 28.8 Å². The van der Waals surface area contributed by atoms with Crippen molar-refractivity contribution in [2.75, 3.05) is 13.2 Å². The van der Waals surface area contributed by atoms with Crippen LogP contribution in [0.1, 0.15) is 48.9 Å². The number of carbonyl (C=O) groups is 2. The van der Waals surface area contributed by atoms with Gasteiger partial charge in [-0.2, -0.15) is 0 Å². The summed E-state index contributed by atoms with van der Waals surface area (Å²) in [4.78, 5) is 26.5. The maximum Gasteiger partial charge on any atom is 0.340 e. The largest absolute Gasteiger partial charge is 0.452 e. The van der Waals surface area contributed by atoms with Crippen molar-refractivity contribution in [3.8, 4) is 0 Å². The highest BCUT2D eigenvalue weighted by atomic mass is 35.5. The molecule has 0 unspecified atom stereocenters. The van der Waals surface area contributed by atoms with Crippen LogP contribution >= 0.6 is 11.6 Å².